The van der Waals surface area contributed by atoms with Crippen LogP contribution in [0.3, 0.4) is 0 Å². The molecule has 0 radical (unpaired) electrons. The van der Waals surface area contributed by atoms with E-state index in [9.17, 15) is 9.59 Å². The van der Waals surface area contributed by atoms with E-state index in [-0.39, 0.29) is 11.8 Å². The third kappa shape index (κ3) is 4.82. The summed E-state index contributed by atoms with van der Waals surface area (Å²) in [5, 5.41) is 0.811. The summed E-state index contributed by atoms with van der Waals surface area (Å²) >= 11 is 1.34. The van der Waals surface area contributed by atoms with Crippen molar-refractivity contribution in [2.24, 2.45) is 0 Å². The van der Waals surface area contributed by atoms with Crippen LogP contribution in [0, 0.1) is 6.92 Å². The highest BCUT2D eigenvalue weighted by Gasteiger charge is 2.21. The summed E-state index contributed by atoms with van der Waals surface area (Å²) in [6.45, 7) is 4.66. The molecular formula is C22H28N4O3S. The number of aryl methyl sites for hydroxylation is 1. The molecule has 1 aromatic heterocycles. The van der Waals surface area contributed by atoms with Crippen molar-refractivity contribution in [1.29, 1.82) is 0 Å². The van der Waals surface area contributed by atoms with Crippen LogP contribution in [0.4, 0.5) is 5.13 Å². The van der Waals surface area contributed by atoms with Crippen LogP contribution in [-0.4, -0.2) is 43.1 Å². The largest absolute Gasteiger partial charge is 0.378 e. The number of thiazole rings is 1. The second kappa shape index (κ2) is 9.57. The Kier molecular flexibility index (Phi) is 6.64. The molecule has 0 unspecified atom stereocenters. The fraction of sp³-hybridized carbons (Fsp3) is 0.500. The van der Waals surface area contributed by atoms with Gasteiger partial charge in [0.1, 0.15) is 4.88 Å². The van der Waals surface area contributed by atoms with Crippen molar-refractivity contribution < 1.29 is 14.3 Å². The average molecular weight is 429 g/mol. The van der Waals surface area contributed by atoms with E-state index < -0.39 is 0 Å². The zero-order valence-corrected chi connectivity index (χ0v) is 18.1. The number of rotatable bonds is 4. The molecule has 30 heavy (non-hydrogen) atoms. The topological polar surface area (TPSA) is 83.6 Å². The lowest BCUT2D eigenvalue weighted by molar-refractivity contribution is 0.0848. The fourth-order valence-electron chi connectivity index (χ4n) is 4.07. The highest BCUT2D eigenvalue weighted by atomic mass is 32.1. The van der Waals surface area contributed by atoms with Crippen LogP contribution in [0.5, 0.6) is 0 Å². The summed E-state index contributed by atoms with van der Waals surface area (Å²) in [5.41, 5.74) is 7.53. The Morgan fingerprint density at radius 1 is 1.03 bits per heavy atom. The van der Waals surface area contributed by atoms with E-state index in [4.69, 9.17) is 4.74 Å². The van der Waals surface area contributed by atoms with Gasteiger partial charge in [0.25, 0.3) is 11.8 Å². The first-order valence-electron chi connectivity index (χ1n) is 10.6. The molecular weight excluding hydrogens is 400 g/mol. The first-order chi connectivity index (χ1) is 14.6. The van der Waals surface area contributed by atoms with Crippen LogP contribution in [0.15, 0.2) is 24.3 Å². The van der Waals surface area contributed by atoms with Gasteiger partial charge in [-0.1, -0.05) is 42.7 Å². The maximum atomic E-state index is 12.6. The van der Waals surface area contributed by atoms with E-state index >= 15 is 0 Å². The van der Waals surface area contributed by atoms with Gasteiger partial charge < -0.3 is 9.64 Å². The highest BCUT2D eigenvalue weighted by Crippen LogP contribution is 2.32. The van der Waals surface area contributed by atoms with Crippen LogP contribution in [0.1, 0.15) is 69.3 Å². The van der Waals surface area contributed by atoms with Gasteiger partial charge in [-0.05, 0) is 43.4 Å². The average Bonchev–Trinajstić information content (AvgIpc) is 3.20. The van der Waals surface area contributed by atoms with E-state index in [1.807, 2.05) is 24.3 Å². The minimum Gasteiger partial charge on any atom is -0.378 e. The van der Waals surface area contributed by atoms with Crippen molar-refractivity contribution in [2.75, 3.05) is 31.2 Å². The molecule has 0 spiro atoms. The molecule has 1 aliphatic heterocycles. The standard InChI is InChI=1S/C22H28N4O3S/c1-15-19(30-22(23-15)26-11-13-29-14-12-26)21(28)25-24-20(27)18-9-7-17(8-10-18)16-5-3-2-4-6-16/h7-10,16H,2-6,11-14H2,1H3,(H,24,27)(H,25,28). The van der Waals surface area contributed by atoms with Crippen LogP contribution in [-0.2, 0) is 4.74 Å². The van der Waals surface area contributed by atoms with Gasteiger partial charge in [-0.3, -0.25) is 20.4 Å². The Balaban J connectivity index is 1.33. The number of ether oxygens (including phenoxy) is 1. The lowest BCUT2D eigenvalue weighted by Crippen LogP contribution is -2.41. The second-order valence-corrected chi connectivity index (χ2v) is 8.85. The number of hydrazine groups is 1. The van der Waals surface area contributed by atoms with Gasteiger partial charge in [-0.15, -0.1) is 0 Å². The molecule has 1 aromatic carbocycles. The number of anilines is 1. The van der Waals surface area contributed by atoms with Gasteiger partial charge in [0, 0.05) is 18.7 Å². The fourth-order valence-corrected chi connectivity index (χ4v) is 5.08. The molecule has 4 rings (SSSR count). The molecule has 0 atom stereocenters. The molecule has 2 fully saturated rings. The summed E-state index contributed by atoms with van der Waals surface area (Å²) in [6.07, 6.45) is 6.33. The van der Waals surface area contributed by atoms with E-state index in [1.165, 1.54) is 49.0 Å². The van der Waals surface area contributed by atoms with Crippen LogP contribution >= 0.6 is 11.3 Å². The number of hydrogen-bond acceptors (Lipinski definition) is 6. The zero-order valence-electron chi connectivity index (χ0n) is 17.3. The molecule has 2 amide bonds. The van der Waals surface area contributed by atoms with Gasteiger partial charge >= 0.3 is 0 Å². The predicted octanol–water partition coefficient (Wildman–Crippen LogP) is 3.41. The minimum absolute atomic E-state index is 0.325. The normalized spacial score (nSPS) is 17.6. The molecule has 0 bridgehead atoms. The Bertz CT molecular complexity index is 884. The van der Waals surface area contributed by atoms with Crippen molar-refractivity contribution in [1.82, 2.24) is 15.8 Å². The van der Waals surface area contributed by atoms with Crippen molar-refractivity contribution >= 4 is 28.3 Å². The third-order valence-corrected chi connectivity index (χ3v) is 7.03. The number of amides is 2. The summed E-state index contributed by atoms with van der Waals surface area (Å²) in [7, 11) is 0. The molecule has 1 saturated heterocycles. The van der Waals surface area contributed by atoms with Gasteiger partial charge in [-0.25, -0.2) is 4.98 Å². The number of nitrogens with one attached hydrogen (secondary N) is 2. The van der Waals surface area contributed by atoms with Crippen molar-refractivity contribution in [3.63, 3.8) is 0 Å². The summed E-state index contributed by atoms with van der Waals surface area (Å²) in [4.78, 5) is 32.1. The van der Waals surface area contributed by atoms with E-state index in [1.54, 1.807) is 6.92 Å². The molecule has 2 N–H and O–H groups in total. The zero-order chi connectivity index (χ0) is 20.9. The Hall–Kier alpha value is -2.45. The maximum Gasteiger partial charge on any atom is 0.281 e. The van der Waals surface area contributed by atoms with E-state index in [0.717, 1.165) is 18.2 Å². The molecule has 7 nitrogen and oxygen atoms in total. The Morgan fingerprint density at radius 2 is 1.70 bits per heavy atom. The van der Waals surface area contributed by atoms with Crippen LogP contribution < -0.4 is 15.8 Å². The number of hydrogen-bond donors (Lipinski definition) is 2. The summed E-state index contributed by atoms with van der Waals surface area (Å²) < 4.78 is 5.36. The second-order valence-electron chi connectivity index (χ2n) is 7.88. The van der Waals surface area contributed by atoms with E-state index in [2.05, 4.69) is 20.7 Å². The summed E-state index contributed by atoms with van der Waals surface area (Å²) in [6, 6.07) is 7.74. The van der Waals surface area contributed by atoms with Crippen LogP contribution in [0.25, 0.3) is 0 Å². The monoisotopic (exact) mass is 428 g/mol. The van der Waals surface area contributed by atoms with Gasteiger partial charge in [0.05, 0.1) is 18.9 Å². The first kappa shape index (κ1) is 20.8. The number of carbonyl (C=O) groups excluding carboxylic acids is 2. The van der Waals surface area contributed by atoms with Crippen molar-refractivity contribution in [2.45, 2.75) is 44.9 Å². The van der Waals surface area contributed by atoms with Gasteiger partial charge in [0.15, 0.2) is 5.13 Å². The molecule has 1 aliphatic carbocycles. The first-order valence-corrected chi connectivity index (χ1v) is 11.4. The molecule has 2 aromatic rings. The SMILES string of the molecule is Cc1nc(N2CCOCC2)sc1C(=O)NNC(=O)c1ccc(C2CCCCC2)cc1. The minimum atomic E-state index is -0.350. The van der Waals surface area contributed by atoms with E-state index in [0.29, 0.717) is 35.3 Å². The number of benzene rings is 1. The predicted molar refractivity (Wildman–Crippen MR) is 117 cm³/mol. The summed E-state index contributed by atoms with van der Waals surface area (Å²) in [5.74, 6) is -0.0728. The molecule has 8 heteroatoms. The van der Waals surface area contributed by atoms with Crippen molar-refractivity contribution in [3.8, 4) is 0 Å². The number of aromatic nitrogens is 1. The quantitative estimate of drug-likeness (QED) is 0.729. The van der Waals surface area contributed by atoms with Crippen LogP contribution in [0.2, 0.25) is 0 Å². The third-order valence-electron chi connectivity index (χ3n) is 5.81. The molecule has 160 valence electrons. The smallest absolute Gasteiger partial charge is 0.281 e. The lowest BCUT2D eigenvalue weighted by atomic mass is 9.84. The molecule has 2 aliphatic rings. The molecule has 2 heterocycles. The lowest BCUT2D eigenvalue weighted by Gasteiger charge is -2.25. The molecule has 1 saturated carbocycles. The Labute approximate surface area is 180 Å². The number of carbonyl (C=O) groups is 2. The Morgan fingerprint density at radius 3 is 2.40 bits per heavy atom. The highest BCUT2D eigenvalue weighted by molar-refractivity contribution is 7.17. The number of nitrogens with zero attached hydrogens (tertiary/aromatic N) is 2. The van der Waals surface area contributed by atoms with Gasteiger partial charge in [-0.2, -0.15) is 0 Å². The maximum absolute atomic E-state index is 12.6. The number of morpholine rings is 1. The van der Waals surface area contributed by atoms with Gasteiger partial charge in [0.2, 0.25) is 0 Å². The van der Waals surface area contributed by atoms with Crippen molar-refractivity contribution in [3.05, 3.63) is 46.0 Å².